The molecule has 1 aliphatic rings. The Labute approximate surface area is 231 Å². The molecule has 10 nitrogen and oxygen atoms in total. The van der Waals surface area contributed by atoms with Gasteiger partial charge in [-0.2, -0.15) is 0 Å². The van der Waals surface area contributed by atoms with E-state index in [1.807, 2.05) is 6.92 Å². The minimum atomic E-state index is -0.591. The van der Waals surface area contributed by atoms with Crippen LogP contribution in [0.2, 0.25) is 5.02 Å². The van der Waals surface area contributed by atoms with E-state index >= 15 is 0 Å². The van der Waals surface area contributed by atoms with Crippen molar-refractivity contribution < 1.29 is 29.3 Å². The van der Waals surface area contributed by atoms with Crippen LogP contribution < -0.4 is 9.47 Å². The van der Waals surface area contributed by atoms with Crippen molar-refractivity contribution in [2.75, 3.05) is 40.4 Å². The lowest BCUT2D eigenvalue weighted by atomic mass is 9.95. The molecule has 2 amide bonds. The van der Waals surface area contributed by atoms with Crippen LogP contribution in [0.5, 0.6) is 23.1 Å². The maximum atomic E-state index is 13.6. The number of piperazine rings is 1. The van der Waals surface area contributed by atoms with E-state index in [2.05, 4.69) is 9.97 Å². The van der Waals surface area contributed by atoms with Crippen LogP contribution in [0.4, 0.5) is 0 Å². The van der Waals surface area contributed by atoms with Gasteiger partial charge in [0.25, 0.3) is 11.8 Å². The molecule has 3 heterocycles. The zero-order valence-corrected chi connectivity index (χ0v) is 22.9. The van der Waals surface area contributed by atoms with Crippen LogP contribution in [0.25, 0.3) is 11.1 Å². The number of benzene rings is 1. The molecule has 0 spiro atoms. The summed E-state index contributed by atoms with van der Waals surface area (Å²) in [6.45, 7) is 2.93. The molecule has 2 N–H and O–H groups in total. The number of carbonyl (C=O) groups excluding carboxylic acids is 2. The van der Waals surface area contributed by atoms with Crippen molar-refractivity contribution in [1.82, 2.24) is 19.8 Å². The van der Waals surface area contributed by atoms with Crippen molar-refractivity contribution in [2.24, 2.45) is 0 Å². The molecule has 2 aromatic heterocycles. The Kier molecular flexibility index (Phi) is 8.75. The third kappa shape index (κ3) is 5.70. The van der Waals surface area contributed by atoms with Crippen molar-refractivity contribution >= 4 is 23.4 Å². The third-order valence-corrected chi connectivity index (χ3v) is 6.91. The maximum absolute atomic E-state index is 13.6. The van der Waals surface area contributed by atoms with E-state index in [1.54, 1.807) is 35.2 Å². The lowest BCUT2D eigenvalue weighted by Gasteiger charge is -2.35. The fraction of sp³-hybridized carbons (Fsp3) is 0.357. The highest BCUT2D eigenvalue weighted by atomic mass is 35.5. The normalized spacial score (nSPS) is 13.3. The predicted molar refractivity (Wildman–Crippen MR) is 146 cm³/mol. The van der Waals surface area contributed by atoms with E-state index in [0.717, 1.165) is 12.8 Å². The number of carbonyl (C=O) groups is 2. The summed E-state index contributed by atoms with van der Waals surface area (Å²) in [5.41, 5.74) is 1.10. The monoisotopic (exact) mass is 554 g/mol. The molecule has 1 fully saturated rings. The largest absolute Gasteiger partial charge is 0.506 e. The van der Waals surface area contributed by atoms with Gasteiger partial charge in [-0.25, -0.2) is 9.97 Å². The van der Waals surface area contributed by atoms with E-state index in [1.165, 1.54) is 25.3 Å². The van der Waals surface area contributed by atoms with Gasteiger partial charge in [-0.15, -0.1) is 0 Å². The number of nitrogens with zero attached hydrogens (tertiary/aromatic N) is 4. The lowest BCUT2D eigenvalue weighted by molar-refractivity contribution is 0.0528. The molecule has 0 radical (unpaired) electrons. The van der Waals surface area contributed by atoms with Gasteiger partial charge < -0.3 is 29.5 Å². The van der Waals surface area contributed by atoms with Crippen LogP contribution in [0, 0.1) is 0 Å². The molecule has 206 valence electrons. The zero-order valence-electron chi connectivity index (χ0n) is 22.1. The first-order valence-corrected chi connectivity index (χ1v) is 13.0. The van der Waals surface area contributed by atoms with Gasteiger partial charge in [-0.05, 0) is 37.1 Å². The molecule has 3 aromatic rings. The third-order valence-electron chi connectivity index (χ3n) is 6.69. The van der Waals surface area contributed by atoms with E-state index in [0.29, 0.717) is 34.2 Å². The molecule has 0 bridgehead atoms. The molecule has 0 saturated carbocycles. The van der Waals surface area contributed by atoms with Gasteiger partial charge in [-0.3, -0.25) is 9.59 Å². The Morgan fingerprint density at radius 1 is 0.949 bits per heavy atom. The highest BCUT2D eigenvalue weighted by Gasteiger charge is 2.33. The van der Waals surface area contributed by atoms with Crippen LogP contribution in [0.1, 0.15) is 46.3 Å². The van der Waals surface area contributed by atoms with Gasteiger partial charge >= 0.3 is 0 Å². The van der Waals surface area contributed by atoms with Crippen molar-refractivity contribution in [3.8, 4) is 34.3 Å². The van der Waals surface area contributed by atoms with Gasteiger partial charge in [0, 0.05) is 32.4 Å². The summed E-state index contributed by atoms with van der Waals surface area (Å²) in [7, 11) is 3.00. The number of pyridine rings is 2. The van der Waals surface area contributed by atoms with Crippen molar-refractivity contribution in [3.05, 3.63) is 58.5 Å². The van der Waals surface area contributed by atoms with E-state index < -0.39 is 17.5 Å². The average Bonchev–Trinajstić information content (AvgIpc) is 2.95. The first-order chi connectivity index (χ1) is 18.8. The second kappa shape index (κ2) is 12.2. The van der Waals surface area contributed by atoms with Gasteiger partial charge in [0.1, 0.15) is 28.5 Å². The van der Waals surface area contributed by atoms with Gasteiger partial charge in [0.15, 0.2) is 0 Å². The Morgan fingerprint density at radius 3 is 2.10 bits per heavy atom. The highest BCUT2D eigenvalue weighted by molar-refractivity contribution is 6.30. The van der Waals surface area contributed by atoms with Crippen LogP contribution >= 0.6 is 11.6 Å². The first kappa shape index (κ1) is 28.0. The fourth-order valence-corrected chi connectivity index (χ4v) is 4.74. The minimum Gasteiger partial charge on any atom is -0.506 e. The SMILES string of the molecule is CCCCc1nc(O)c(C(=O)N2CCN(C(=O)c3ccc(Cl)cn3)CC2)c(O)c1-c1c(OC)cccc1OC. The molecular weight excluding hydrogens is 524 g/mol. The highest BCUT2D eigenvalue weighted by Crippen LogP contribution is 2.47. The molecule has 11 heteroatoms. The summed E-state index contributed by atoms with van der Waals surface area (Å²) in [6, 6.07) is 8.35. The summed E-state index contributed by atoms with van der Waals surface area (Å²) >= 11 is 5.87. The van der Waals surface area contributed by atoms with Crippen LogP contribution in [0.15, 0.2) is 36.5 Å². The smallest absolute Gasteiger partial charge is 0.272 e. The number of hydrogen-bond acceptors (Lipinski definition) is 8. The van der Waals surface area contributed by atoms with E-state index in [9.17, 15) is 19.8 Å². The molecule has 1 aliphatic heterocycles. The van der Waals surface area contributed by atoms with Crippen LogP contribution in [-0.2, 0) is 6.42 Å². The van der Waals surface area contributed by atoms with Crippen LogP contribution in [-0.4, -0.2) is 82.2 Å². The lowest BCUT2D eigenvalue weighted by Crippen LogP contribution is -2.50. The Balaban J connectivity index is 1.66. The first-order valence-electron chi connectivity index (χ1n) is 12.7. The van der Waals surface area contributed by atoms with Crippen molar-refractivity contribution in [3.63, 3.8) is 0 Å². The molecule has 0 aliphatic carbocycles. The molecule has 1 aromatic carbocycles. The maximum Gasteiger partial charge on any atom is 0.272 e. The summed E-state index contributed by atoms with van der Waals surface area (Å²) in [5.74, 6) is -0.953. The van der Waals surface area contributed by atoms with Gasteiger partial charge in [0.05, 0.1) is 36.1 Å². The van der Waals surface area contributed by atoms with Gasteiger partial charge in [-0.1, -0.05) is 31.0 Å². The number of aryl methyl sites for hydroxylation is 1. The van der Waals surface area contributed by atoms with E-state index in [-0.39, 0.29) is 48.9 Å². The molecule has 39 heavy (non-hydrogen) atoms. The average molecular weight is 555 g/mol. The van der Waals surface area contributed by atoms with Crippen molar-refractivity contribution in [2.45, 2.75) is 26.2 Å². The molecule has 1 saturated heterocycles. The number of unbranched alkanes of at least 4 members (excludes halogenated alkanes) is 1. The number of aromatic hydroxyl groups is 2. The Bertz CT molecular complexity index is 1330. The number of hydrogen-bond donors (Lipinski definition) is 2. The summed E-state index contributed by atoms with van der Waals surface area (Å²) < 4.78 is 11.1. The molecule has 0 unspecified atom stereocenters. The molecular formula is C28H31ClN4O6. The second-order valence-electron chi connectivity index (χ2n) is 9.07. The summed E-state index contributed by atoms with van der Waals surface area (Å²) in [4.78, 5) is 37.9. The zero-order chi connectivity index (χ0) is 28.1. The number of aromatic nitrogens is 2. The quantitative estimate of drug-likeness (QED) is 0.425. The van der Waals surface area contributed by atoms with Gasteiger partial charge in [0.2, 0.25) is 5.88 Å². The number of ether oxygens (including phenoxy) is 2. The molecule has 4 rings (SSSR count). The number of rotatable bonds is 8. The number of amides is 2. The Hall–Kier alpha value is -4.05. The number of methoxy groups -OCH3 is 2. The van der Waals surface area contributed by atoms with Crippen LogP contribution in [0.3, 0.4) is 0 Å². The second-order valence-corrected chi connectivity index (χ2v) is 9.50. The summed E-state index contributed by atoms with van der Waals surface area (Å²) in [5, 5.41) is 22.8. The summed E-state index contributed by atoms with van der Waals surface area (Å²) in [6.07, 6.45) is 3.48. The van der Waals surface area contributed by atoms with E-state index in [4.69, 9.17) is 21.1 Å². The Morgan fingerprint density at radius 2 is 1.56 bits per heavy atom. The topological polar surface area (TPSA) is 125 Å². The van der Waals surface area contributed by atoms with Crippen molar-refractivity contribution in [1.29, 1.82) is 0 Å². The molecule has 0 atom stereocenters. The predicted octanol–water partition coefficient (Wildman–Crippen LogP) is 4.17. The minimum absolute atomic E-state index is 0.196. The standard InChI is InChI=1S/C28H31ClN4O6/c1-4-5-7-18-22(23-20(38-2)8-6-9-21(23)39-3)25(34)24(26(35)31-18)28(37)33-14-12-32(13-15-33)27(36)19-11-10-17(29)16-30-19/h6,8-11,16H,4-5,7,12-15H2,1-3H3,(H2,31,34,35). The fourth-order valence-electron chi connectivity index (χ4n) is 4.62. The number of halogens is 1.